The number of thiophene rings is 1. The first-order valence-corrected chi connectivity index (χ1v) is 7.97. The van der Waals surface area contributed by atoms with E-state index >= 15 is 0 Å². The van der Waals surface area contributed by atoms with Gasteiger partial charge in [0.05, 0.1) is 5.92 Å². The van der Waals surface area contributed by atoms with Crippen molar-refractivity contribution in [2.24, 2.45) is 5.92 Å². The molecular formula is C12H13BrClNO2S. The van der Waals surface area contributed by atoms with Crippen LogP contribution < -0.4 is 0 Å². The van der Waals surface area contributed by atoms with E-state index in [1.165, 1.54) is 4.88 Å². The van der Waals surface area contributed by atoms with Crippen molar-refractivity contribution in [2.45, 2.75) is 37.9 Å². The zero-order valence-electron chi connectivity index (χ0n) is 9.60. The summed E-state index contributed by atoms with van der Waals surface area (Å²) >= 11 is 11.0. The number of carbonyl (C=O) groups is 1. The average Bonchev–Trinajstić information content (AvgIpc) is 2.95. The molecule has 1 N–H and O–H groups in total. The van der Waals surface area contributed by atoms with E-state index in [1.807, 2.05) is 6.07 Å². The van der Waals surface area contributed by atoms with Crippen LogP contribution in [0.3, 0.4) is 0 Å². The highest BCUT2D eigenvalue weighted by Crippen LogP contribution is 2.44. The average molecular weight is 351 g/mol. The second-order valence-electron chi connectivity index (χ2n) is 4.99. The Morgan fingerprint density at radius 1 is 1.61 bits per heavy atom. The zero-order chi connectivity index (χ0) is 12.9. The highest BCUT2D eigenvalue weighted by molar-refractivity contribution is 9.10. The normalized spacial score (nSPS) is 31.1. The quantitative estimate of drug-likeness (QED) is 0.905. The van der Waals surface area contributed by atoms with E-state index in [1.54, 1.807) is 11.3 Å². The van der Waals surface area contributed by atoms with Gasteiger partial charge in [-0.05, 0) is 41.3 Å². The van der Waals surface area contributed by atoms with Crippen molar-refractivity contribution in [1.82, 2.24) is 4.90 Å². The number of hydrogen-bond donors (Lipinski definition) is 1. The van der Waals surface area contributed by atoms with Crippen LogP contribution >= 0.6 is 38.9 Å². The summed E-state index contributed by atoms with van der Waals surface area (Å²) < 4.78 is 1.71. The van der Waals surface area contributed by atoms with Crippen molar-refractivity contribution in [3.63, 3.8) is 0 Å². The smallest absolute Gasteiger partial charge is 0.308 e. The maximum Gasteiger partial charge on any atom is 0.308 e. The van der Waals surface area contributed by atoms with Gasteiger partial charge < -0.3 is 5.11 Å². The number of carboxylic acids is 1. The van der Waals surface area contributed by atoms with Crippen LogP contribution in [-0.2, 0) is 11.3 Å². The summed E-state index contributed by atoms with van der Waals surface area (Å²) in [5.41, 5.74) is 0. The lowest BCUT2D eigenvalue weighted by molar-refractivity contribution is -0.142. The van der Waals surface area contributed by atoms with Gasteiger partial charge in [-0.1, -0.05) is 11.6 Å². The molecule has 18 heavy (non-hydrogen) atoms. The standard InChI is InChI=1S/C12H13BrClNO2S/c13-9-4-7(18-11(9)14)5-15-6-1-2-10(15)8(3-6)12(16)17/h4,6,8,10H,1-3,5H2,(H,16,17). The number of hydrogen-bond acceptors (Lipinski definition) is 3. The fourth-order valence-electron chi connectivity index (χ4n) is 3.26. The minimum atomic E-state index is -0.641. The minimum Gasteiger partial charge on any atom is -0.481 e. The predicted molar refractivity (Wildman–Crippen MR) is 75.1 cm³/mol. The molecule has 0 saturated carbocycles. The monoisotopic (exact) mass is 349 g/mol. The largest absolute Gasteiger partial charge is 0.481 e. The Morgan fingerprint density at radius 3 is 2.94 bits per heavy atom. The maximum absolute atomic E-state index is 11.2. The van der Waals surface area contributed by atoms with Crippen LogP contribution in [0.2, 0.25) is 4.34 Å². The van der Waals surface area contributed by atoms with Gasteiger partial charge in [0, 0.05) is 28.0 Å². The first-order chi connectivity index (χ1) is 8.56. The summed E-state index contributed by atoms with van der Waals surface area (Å²) in [6.07, 6.45) is 2.96. The maximum atomic E-state index is 11.2. The molecule has 2 aliphatic rings. The van der Waals surface area contributed by atoms with Gasteiger partial charge in [-0.25, -0.2) is 0 Å². The van der Waals surface area contributed by atoms with Crippen molar-refractivity contribution < 1.29 is 9.90 Å². The van der Waals surface area contributed by atoms with Crippen LogP contribution in [0.1, 0.15) is 24.1 Å². The van der Waals surface area contributed by atoms with Crippen LogP contribution in [0.4, 0.5) is 0 Å². The lowest BCUT2D eigenvalue weighted by Crippen LogP contribution is -2.32. The Hall–Kier alpha value is -0.100. The SMILES string of the molecule is O=C(O)C1CC2CCC1N2Cc1cc(Br)c(Cl)s1. The Labute approximate surface area is 123 Å². The van der Waals surface area contributed by atoms with E-state index in [-0.39, 0.29) is 12.0 Å². The molecule has 1 aromatic rings. The van der Waals surface area contributed by atoms with E-state index in [2.05, 4.69) is 20.8 Å². The third kappa shape index (κ3) is 2.11. The van der Waals surface area contributed by atoms with Gasteiger partial charge in [0.2, 0.25) is 0 Å². The highest BCUT2D eigenvalue weighted by Gasteiger charge is 2.49. The van der Waals surface area contributed by atoms with Crippen molar-refractivity contribution in [3.8, 4) is 0 Å². The molecule has 2 fully saturated rings. The Morgan fingerprint density at radius 2 is 2.39 bits per heavy atom. The topological polar surface area (TPSA) is 40.5 Å². The van der Waals surface area contributed by atoms with Crippen LogP contribution in [0.5, 0.6) is 0 Å². The molecule has 3 rings (SSSR count). The third-order valence-electron chi connectivity index (χ3n) is 4.03. The molecule has 0 radical (unpaired) electrons. The Bertz CT molecular complexity index is 473. The molecule has 3 nitrogen and oxygen atoms in total. The summed E-state index contributed by atoms with van der Waals surface area (Å²) in [6.45, 7) is 0.828. The molecule has 3 atom stereocenters. The molecule has 2 saturated heterocycles. The van der Waals surface area contributed by atoms with Crippen molar-refractivity contribution in [1.29, 1.82) is 0 Å². The molecule has 2 aliphatic heterocycles. The second kappa shape index (κ2) is 4.78. The van der Waals surface area contributed by atoms with Gasteiger partial charge in [0.15, 0.2) is 0 Å². The molecule has 1 aromatic heterocycles. The highest BCUT2D eigenvalue weighted by atomic mass is 79.9. The molecule has 0 spiro atoms. The van der Waals surface area contributed by atoms with E-state index in [4.69, 9.17) is 11.6 Å². The summed E-state index contributed by atoms with van der Waals surface area (Å²) in [7, 11) is 0. The van der Waals surface area contributed by atoms with Crippen LogP contribution in [0, 0.1) is 5.92 Å². The fourth-order valence-corrected chi connectivity index (χ4v) is 5.06. The van der Waals surface area contributed by atoms with Crippen LogP contribution in [0.15, 0.2) is 10.5 Å². The molecule has 0 aromatic carbocycles. The lowest BCUT2D eigenvalue weighted by Gasteiger charge is -2.21. The Kier molecular flexibility index (Phi) is 3.43. The van der Waals surface area contributed by atoms with Crippen molar-refractivity contribution >= 4 is 44.8 Å². The number of carboxylic acid groups (broad SMARTS) is 1. The number of halogens is 2. The van der Waals surface area contributed by atoms with Gasteiger partial charge in [-0.15, -0.1) is 11.3 Å². The van der Waals surface area contributed by atoms with Gasteiger partial charge >= 0.3 is 5.97 Å². The first kappa shape index (κ1) is 12.9. The van der Waals surface area contributed by atoms with Crippen LogP contribution in [0.25, 0.3) is 0 Å². The van der Waals surface area contributed by atoms with Gasteiger partial charge in [0.25, 0.3) is 0 Å². The third-order valence-corrected chi connectivity index (χ3v) is 6.49. The molecule has 0 amide bonds. The molecule has 98 valence electrons. The number of rotatable bonds is 3. The molecule has 3 heterocycles. The summed E-state index contributed by atoms with van der Waals surface area (Å²) in [4.78, 5) is 14.8. The van der Waals surface area contributed by atoms with Gasteiger partial charge in [-0.2, -0.15) is 0 Å². The molecule has 0 aliphatic carbocycles. The second-order valence-corrected chi connectivity index (χ2v) is 7.58. The summed E-state index contributed by atoms with van der Waals surface area (Å²) in [5.74, 6) is -0.819. The summed E-state index contributed by atoms with van der Waals surface area (Å²) in [6, 6.07) is 2.70. The minimum absolute atomic E-state index is 0.178. The number of nitrogens with zero attached hydrogens (tertiary/aromatic N) is 1. The molecular weight excluding hydrogens is 338 g/mol. The van der Waals surface area contributed by atoms with E-state index in [9.17, 15) is 9.90 Å². The summed E-state index contributed by atoms with van der Waals surface area (Å²) in [5, 5.41) is 9.21. The van der Waals surface area contributed by atoms with E-state index in [0.717, 1.165) is 34.6 Å². The molecule has 6 heteroatoms. The fraction of sp³-hybridized carbons (Fsp3) is 0.583. The van der Waals surface area contributed by atoms with E-state index < -0.39 is 5.97 Å². The molecule has 3 unspecified atom stereocenters. The zero-order valence-corrected chi connectivity index (χ0v) is 12.8. The van der Waals surface area contributed by atoms with Crippen molar-refractivity contribution in [2.75, 3.05) is 0 Å². The number of aliphatic carboxylic acids is 1. The predicted octanol–water partition coefficient (Wildman–Crippen LogP) is 3.60. The molecule has 2 bridgehead atoms. The van der Waals surface area contributed by atoms with E-state index in [0.29, 0.717) is 6.04 Å². The van der Waals surface area contributed by atoms with Gasteiger partial charge in [-0.3, -0.25) is 9.69 Å². The van der Waals surface area contributed by atoms with Crippen LogP contribution in [-0.4, -0.2) is 28.1 Å². The first-order valence-electron chi connectivity index (χ1n) is 5.98. The Balaban J connectivity index is 1.76. The van der Waals surface area contributed by atoms with Gasteiger partial charge in [0.1, 0.15) is 4.34 Å². The number of fused-ring (bicyclic) bond motifs is 2. The lowest BCUT2D eigenvalue weighted by atomic mass is 9.89. The van der Waals surface area contributed by atoms with Crippen molar-refractivity contribution in [3.05, 3.63) is 19.8 Å².